The first-order chi connectivity index (χ1) is 12.1. The van der Waals surface area contributed by atoms with Crippen molar-refractivity contribution in [2.24, 2.45) is 5.10 Å². The van der Waals surface area contributed by atoms with Crippen LogP contribution in [-0.2, 0) is 6.61 Å². The molecule has 0 aliphatic rings. The Morgan fingerprint density at radius 3 is 2.56 bits per heavy atom. The van der Waals surface area contributed by atoms with E-state index in [4.69, 9.17) is 17.0 Å². The first kappa shape index (κ1) is 16.9. The van der Waals surface area contributed by atoms with Gasteiger partial charge in [-0.25, -0.2) is 5.10 Å². The quantitative estimate of drug-likeness (QED) is 0.545. The van der Waals surface area contributed by atoms with Gasteiger partial charge in [-0.3, -0.25) is 0 Å². The molecule has 25 heavy (non-hydrogen) atoms. The van der Waals surface area contributed by atoms with Crippen LogP contribution in [0.1, 0.15) is 11.4 Å². The van der Waals surface area contributed by atoms with Crippen LogP contribution in [0.3, 0.4) is 0 Å². The van der Waals surface area contributed by atoms with Crippen molar-refractivity contribution >= 4 is 24.1 Å². The molecular formula is C18H19N5OS. The molecule has 0 atom stereocenters. The Morgan fingerprint density at radius 2 is 1.88 bits per heavy atom. The second-order valence-corrected chi connectivity index (χ2v) is 5.98. The maximum Gasteiger partial charge on any atom is 0.216 e. The molecule has 1 N–H and O–H groups in total. The molecule has 0 saturated carbocycles. The molecule has 1 aromatic heterocycles. The Bertz CT molecular complexity index is 897. The Kier molecular flexibility index (Phi) is 5.25. The molecule has 6 nitrogen and oxygen atoms in total. The molecule has 0 unspecified atom stereocenters. The summed E-state index contributed by atoms with van der Waals surface area (Å²) in [6.07, 6.45) is 1.75. The number of aromatic amines is 1. The lowest BCUT2D eigenvalue weighted by atomic mass is 10.2. The molecule has 0 aliphatic carbocycles. The molecule has 2 aromatic carbocycles. The number of nitrogens with zero attached hydrogens (tertiary/aromatic N) is 4. The zero-order valence-corrected chi connectivity index (χ0v) is 14.9. The molecule has 128 valence electrons. The van der Waals surface area contributed by atoms with Gasteiger partial charge in [0.1, 0.15) is 12.4 Å². The van der Waals surface area contributed by atoms with Gasteiger partial charge in [-0.15, -0.1) is 0 Å². The van der Waals surface area contributed by atoms with Gasteiger partial charge in [0, 0.05) is 19.8 Å². The number of aromatic nitrogens is 3. The Labute approximate surface area is 151 Å². The van der Waals surface area contributed by atoms with Gasteiger partial charge < -0.3 is 9.64 Å². The smallest absolute Gasteiger partial charge is 0.216 e. The summed E-state index contributed by atoms with van der Waals surface area (Å²) in [4.78, 5) is 2.05. The van der Waals surface area contributed by atoms with Crippen molar-refractivity contribution in [1.82, 2.24) is 14.9 Å². The van der Waals surface area contributed by atoms with E-state index < -0.39 is 0 Å². The van der Waals surface area contributed by atoms with E-state index in [1.807, 2.05) is 73.6 Å². The van der Waals surface area contributed by atoms with Crippen molar-refractivity contribution in [3.8, 4) is 5.75 Å². The number of rotatable bonds is 6. The molecule has 3 aromatic rings. The number of hydrogen-bond acceptors (Lipinski definition) is 5. The van der Waals surface area contributed by atoms with Crippen molar-refractivity contribution in [2.75, 3.05) is 19.0 Å². The lowest BCUT2D eigenvalue weighted by molar-refractivity contribution is 0.290. The average molecular weight is 353 g/mol. The van der Waals surface area contributed by atoms with Crippen LogP contribution in [0.15, 0.2) is 59.7 Å². The summed E-state index contributed by atoms with van der Waals surface area (Å²) in [5, 5.41) is 11.4. The molecule has 0 radical (unpaired) electrons. The van der Waals surface area contributed by atoms with E-state index in [0.29, 0.717) is 10.6 Å². The normalized spacial score (nSPS) is 11.0. The van der Waals surface area contributed by atoms with Crippen LogP contribution >= 0.6 is 12.2 Å². The summed E-state index contributed by atoms with van der Waals surface area (Å²) < 4.78 is 7.70. The van der Waals surface area contributed by atoms with Crippen LogP contribution < -0.4 is 9.64 Å². The second kappa shape index (κ2) is 7.76. The zero-order valence-electron chi connectivity index (χ0n) is 14.1. The van der Waals surface area contributed by atoms with Crippen molar-refractivity contribution in [3.05, 3.63) is 70.8 Å². The molecule has 7 heteroatoms. The van der Waals surface area contributed by atoms with Crippen LogP contribution in [-0.4, -0.2) is 35.2 Å². The van der Waals surface area contributed by atoms with Gasteiger partial charge in [-0.05, 0) is 42.0 Å². The molecule has 1 heterocycles. The van der Waals surface area contributed by atoms with Gasteiger partial charge >= 0.3 is 0 Å². The topological polar surface area (TPSA) is 58.4 Å². The number of H-pyrrole nitrogens is 1. The minimum Gasteiger partial charge on any atom is -0.486 e. The third kappa shape index (κ3) is 4.33. The molecule has 0 spiro atoms. The monoisotopic (exact) mass is 353 g/mol. The van der Waals surface area contributed by atoms with E-state index in [2.05, 4.69) is 15.3 Å². The summed E-state index contributed by atoms with van der Waals surface area (Å²) in [7, 11) is 4.01. The lowest BCUT2D eigenvalue weighted by Crippen LogP contribution is -2.08. The number of hydrogen-bond donors (Lipinski definition) is 1. The zero-order chi connectivity index (χ0) is 17.6. The van der Waals surface area contributed by atoms with Gasteiger partial charge in [-0.1, -0.05) is 30.3 Å². The van der Waals surface area contributed by atoms with Gasteiger partial charge in [-0.2, -0.15) is 14.9 Å². The molecular weight excluding hydrogens is 334 g/mol. The maximum atomic E-state index is 5.71. The number of ether oxygens (including phenoxy) is 1. The van der Waals surface area contributed by atoms with E-state index in [1.54, 1.807) is 10.9 Å². The highest BCUT2D eigenvalue weighted by Crippen LogP contribution is 2.12. The Balaban J connectivity index is 1.74. The fraction of sp³-hybridized carbons (Fsp3) is 0.167. The third-order valence-electron chi connectivity index (χ3n) is 3.56. The van der Waals surface area contributed by atoms with E-state index in [1.165, 1.54) is 0 Å². The SMILES string of the molecule is CN(C)c1ccc(/C=N\n2c(COc3ccccc3)n[nH]c2=S)cc1. The van der Waals surface area contributed by atoms with Gasteiger partial charge in [0.15, 0.2) is 5.82 Å². The number of nitrogens with one attached hydrogen (secondary N) is 1. The summed E-state index contributed by atoms with van der Waals surface area (Å²) >= 11 is 5.24. The van der Waals surface area contributed by atoms with Gasteiger partial charge in [0.05, 0.1) is 6.21 Å². The predicted octanol–water partition coefficient (Wildman–Crippen LogP) is 3.47. The van der Waals surface area contributed by atoms with Crippen molar-refractivity contribution < 1.29 is 4.74 Å². The highest BCUT2D eigenvalue weighted by molar-refractivity contribution is 7.71. The molecule has 0 amide bonds. The minimum atomic E-state index is 0.272. The summed E-state index contributed by atoms with van der Waals surface area (Å²) in [5.41, 5.74) is 2.11. The van der Waals surface area contributed by atoms with Crippen LogP contribution in [0.25, 0.3) is 0 Å². The van der Waals surface area contributed by atoms with Gasteiger partial charge in [0.25, 0.3) is 0 Å². The third-order valence-corrected chi connectivity index (χ3v) is 3.82. The Hall–Kier alpha value is -2.93. The Morgan fingerprint density at radius 1 is 1.16 bits per heavy atom. The van der Waals surface area contributed by atoms with Gasteiger partial charge in [0.2, 0.25) is 4.77 Å². The second-order valence-electron chi connectivity index (χ2n) is 5.59. The van der Waals surface area contributed by atoms with E-state index >= 15 is 0 Å². The first-order valence-corrected chi connectivity index (χ1v) is 8.20. The highest BCUT2D eigenvalue weighted by atomic mass is 32.1. The summed E-state index contributed by atoms with van der Waals surface area (Å²) in [6.45, 7) is 0.272. The van der Waals surface area contributed by atoms with Crippen LogP contribution in [0.2, 0.25) is 0 Å². The summed E-state index contributed by atoms with van der Waals surface area (Å²) in [5.74, 6) is 1.38. The van der Waals surface area contributed by atoms with Crippen LogP contribution in [0.5, 0.6) is 5.75 Å². The van der Waals surface area contributed by atoms with Crippen molar-refractivity contribution in [1.29, 1.82) is 0 Å². The molecule has 0 bridgehead atoms. The van der Waals surface area contributed by atoms with Crippen molar-refractivity contribution in [3.63, 3.8) is 0 Å². The standard InChI is InChI=1S/C18H19N5OS/c1-22(2)15-10-8-14(9-11-15)12-19-23-17(20-21-18(23)25)13-24-16-6-4-3-5-7-16/h3-12H,13H2,1-2H3,(H,21,25)/b19-12-. The highest BCUT2D eigenvalue weighted by Gasteiger charge is 2.06. The first-order valence-electron chi connectivity index (χ1n) is 7.79. The maximum absolute atomic E-state index is 5.71. The largest absolute Gasteiger partial charge is 0.486 e. The molecule has 3 rings (SSSR count). The average Bonchev–Trinajstić information content (AvgIpc) is 2.99. The summed E-state index contributed by atoms with van der Waals surface area (Å²) in [6, 6.07) is 17.6. The lowest BCUT2D eigenvalue weighted by Gasteiger charge is -2.11. The molecule has 0 aliphatic heterocycles. The van der Waals surface area contributed by atoms with Crippen LogP contribution in [0, 0.1) is 4.77 Å². The van der Waals surface area contributed by atoms with Crippen LogP contribution in [0.4, 0.5) is 5.69 Å². The number of anilines is 1. The van der Waals surface area contributed by atoms with Crippen molar-refractivity contribution in [2.45, 2.75) is 6.61 Å². The number of para-hydroxylation sites is 1. The van der Waals surface area contributed by atoms with E-state index in [9.17, 15) is 0 Å². The van der Waals surface area contributed by atoms with E-state index in [-0.39, 0.29) is 6.61 Å². The fourth-order valence-electron chi connectivity index (χ4n) is 2.18. The predicted molar refractivity (Wildman–Crippen MR) is 102 cm³/mol. The van der Waals surface area contributed by atoms with E-state index in [0.717, 1.165) is 17.0 Å². The fourth-order valence-corrected chi connectivity index (χ4v) is 2.38. The number of benzene rings is 2. The molecule has 0 fully saturated rings. The molecule has 0 saturated heterocycles. The minimum absolute atomic E-state index is 0.272.